The molecule has 4 rings (SSSR count). The van der Waals surface area contributed by atoms with Gasteiger partial charge < -0.3 is 81.8 Å². The Kier molecular flexibility index (Phi) is 29.6. The van der Waals surface area contributed by atoms with Crippen molar-refractivity contribution in [3.05, 3.63) is 144 Å². The Bertz CT molecular complexity index is 2840. The first kappa shape index (κ1) is 68.1. The molecule has 0 saturated heterocycles. The van der Waals surface area contributed by atoms with E-state index in [0.29, 0.717) is 29.5 Å². The summed E-state index contributed by atoms with van der Waals surface area (Å²) in [6.07, 6.45) is -0.241. The minimum atomic E-state index is -1.47. The molecular weight excluding hydrogens is 1090 g/mol. The fourth-order valence-corrected chi connectivity index (χ4v) is 8.88. The maximum atomic E-state index is 14.8. The van der Waals surface area contributed by atoms with Gasteiger partial charge in [-0.3, -0.25) is 48.3 Å². The van der Waals surface area contributed by atoms with E-state index in [1.54, 1.807) is 121 Å². The first-order valence-corrected chi connectivity index (χ1v) is 28.0. The molecule has 4 aromatic carbocycles. The van der Waals surface area contributed by atoms with Crippen molar-refractivity contribution in [1.29, 1.82) is 0 Å². The fourth-order valence-electron chi connectivity index (χ4n) is 8.88. The summed E-state index contributed by atoms with van der Waals surface area (Å²) >= 11 is 0. The number of nitrogens with zero attached hydrogens (tertiary/aromatic N) is 2. The normalized spacial score (nSPS) is 13.7. The number of carbonyl (C=O) groups is 9. The predicted octanol–water partition coefficient (Wildman–Crippen LogP) is -1.14. The fraction of sp³-hybridized carbons (Fsp3) is 0.407. The lowest BCUT2D eigenvalue weighted by molar-refractivity contribution is -0.142. The summed E-state index contributed by atoms with van der Waals surface area (Å²) in [6, 6.07) is 23.7. The lowest BCUT2D eigenvalue weighted by Crippen LogP contribution is -2.60. The van der Waals surface area contributed by atoms with E-state index in [4.69, 9.17) is 34.4 Å². The van der Waals surface area contributed by atoms with Crippen LogP contribution >= 0.6 is 0 Å². The third kappa shape index (κ3) is 26.1. The van der Waals surface area contributed by atoms with Crippen LogP contribution in [0.25, 0.3) is 0 Å². The van der Waals surface area contributed by atoms with Gasteiger partial charge in [-0.05, 0) is 86.6 Å². The highest BCUT2D eigenvalue weighted by atomic mass is 16.4. The first-order chi connectivity index (χ1) is 40.7. The third-order valence-electron chi connectivity index (χ3n) is 13.4. The maximum Gasteiger partial charge on any atom is 0.326 e. The van der Waals surface area contributed by atoms with Crippen LogP contribution in [-0.4, -0.2) is 143 Å². The van der Waals surface area contributed by atoms with Crippen LogP contribution in [0.15, 0.2) is 131 Å². The average molecular weight is 1180 g/mol. The Hall–Kier alpha value is -9.43. The smallest absolute Gasteiger partial charge is 0.326 e. The van der Waals surface area contributed by atoms with Crippen LogP contribution in [0.3, 0.4) is 0 Å². The number of unbranched alkanes of at least 4 members (excludes halogenated alkanes) is 1. The summed E-state index contributed by atoms with van der Waals surface area (Å²) in [6.45, 7) is 0.351. The van der Waals surface area contributed by atoms with Crippen LogP contribution in [0.1, 0.15) is 80.0 Å². The number of amides is 7. The summed E-state index contributed by atoms with van der Waals surface area (Å²) in [5, 5.41) is 38.3. The number of benzene rings is 4. The molecule has 4 aromatic rings. The Morgan fingerprint density at radius 1 is 0.376 bits per heavy atom. The second-order valence-corrected chi connectivity index (χ2v) is 20.2. The summed E-state index contributed by atoms with van der Waals surface area (Å²) in [5.41, 5.74) is 36.6. The van der Waals surface area contributed by atoms with Gasteiger partial charge in [-0.2, -0.15) is 0 Å². The number of hydrogen-bond donors (Lipinski definition) is 15. The van der Waals surface area contributed by atoms with Crippen LogP contribution in [0.5, 0.6) is 0 Å². The standard InChI is InChI=1S/C59H81N15O11/c60-30-14-13-25-42(51(78)73-48(36-40-23-11-4-12-24-40)56(83)71-45(57(84)85)27-16-32-67-59(64)65)69-54(81)46(34-38-19-7-2-8-20-38)72-52(79)43(26-15-31-66-58(62)63)70-55(82)47(35-39-21-9-3-10-22-39)74-53(80)44(28-29-49(75)76)68-50(77)41(61)33-37-17-5-1-6-18-37/h1-12,17-24,41-48H,13-16,25-36,60-61H2,(H,68,77)(H,69,81)(H,70,82)(H,71,83)(H,72,79)(H,73,78)(H,74,80)(H,75,76)(H,84,85)(H4,62,63,66)(H4,64,65,67)/t41-,42-,43-,44-,45-,46-,47-,48-/m0/s1. The zero-order chi connectivity index (χ0) is 62.1. The van der Waals surface area contributed by atoms with Gasteiger partial charge in [0.25, 0.3) is 0 Å². The Balaban J connectivity index is 1.66. The molecule has 0 unspecified atom stereocenters. The van der Waals surface area contributed by atoms with Gasteiger partial charge in [0, 0.05) is 38.8 Å². The number of aliphatic imine (C=N–C) groups is 2. The van der Waals surface area contributed by atoms with Gasteiger partial charge in [0.05, 0.1) is 6.04 Å². The molecule has 26 heteroatoms. The predicted molar refractivity (Wildman–Crippen MR) is 319 cm³/mol. The molecule has 0 aliphatic rings. The number of nitrogens with one attached hydrogen (secondary N) is 7. The first-order valence-electron chi connectivity index (χ1n) is 28.0. The monoisotopic (exact) mass is 1180 g/mol. The van der Waals surface area contributed by atoms with E-state index < -0.39 is 108 Å². The number of nitrogens with two attached hydrogens (primary N) is 6. The molecule has 0 aromatic heterocycles. The third-order valence-corrected chi connectivity index (χ3v) is 13.4. The highest BCUT2D eigenvalue weighted by Crippen LogP contribution is 2.13. The molecule has 0 saturated carbocycles. The second-order valence-electron chi connectivity index (χ2n) is 20.2. The molecule has 26 nitrogen and oxygen atoms in total. The summed E-state index contributed by atoms with van der Waals surface area (Å²) < 4.78 is 0. The molecule has 21 N–H and O–H groups in total. The van der Waals surface area contributed by atoms with Gasteiger partial charge in [-0.15, -0.1) is 0 Å². The molecular formula is C59H81N15O11. The van der Waals surface area contributed by atoms with Crippen molar-refractivity contribution >= 4 is 65.2 Å². The van der Waals surface area contributed by atoms with Gasteiger partial charge in [0.1, 0.15) is 42.3 Å². The molecule has 0 heterocycles. The Labute approximate surface area is 493 Å². The van der Waals surface area contributed by atoms with Gasteiger partial charge >= 0.3 is 11.9 Å². The quantitative estimate of drug-likeness (QED) is 0.0143. The molecule has 8 atom stereocenters. The molecule has 85 heavy (non-hydrogen) atoms. The van der Waals surface area contributed by atoms with Crippen LogP contribution in [-0.2, 0) is 68.8 Å². The van der Waals surface area contributed by atoms with Crippen LogP contribution in [0, 0.1) is 0 Å². The van der Waals surface area contributed by atoms with Crippen molar-refractivity contribution in [3.63, 3.8) is 0 Å². The molecule has 0 aliphatic carbocycles. The maximum absolute atomic E-state index is 14.8. The molecule has 0 fully saturated rings. The molecule has 0 bridgehead atoms. The summed E-state index contributed by atoms with van der Waals surface area (Å²) in [5.74, 6) is -8.88. The molecule has 7 amide bonds. The number of rotatable bonds is 38. The zero-order valence-corrected chi connectivity index (χ0v) is 47.4. The van der Waals surface area contributed by atoms with E-state index >= 15 is 0 Å². The van der Waals surface area contributed by atoms with Crippen molar-refractivity contribution < 1.29 is 53.4 Å². The highest BCUT2D eigenvalue weighted by Gasteiger charge is 2.35. The largest absolute Gasteiger partial charge is 0.481 e. The minimum absolute atomic E-state index is 0.0106. The lowest BCUT2D eigenvalue weighted by atomic mass is 10.0. The van der Waals surface area contributed by atoms with Crippen molar-refractivity contribution in [2.45, 2.75) is 132 Å². The van der Waals surface area contributed by atoms with Gasteiger partial charge in [-0.1, -0.05) is 121 Å². The molecule has 0 aliphatic heterocycles. The zero-order valence-electron chi connectivity index (χ0n) is 47.4. The van der Waals surface area contributed by atoms with E-state index in [1.165, 1.54) is 0 Å². The summed E-state index contributed by atoms with van der Waals surface area (Å²) in [7, 11) is 0. The SMILES string of the molecule is NCCCC[C@H](NC(=O)[C@H](Cc1ccccc1)NC(=O)[C@H](CCCN=C(N)N)NC(=O)[C@H](Cc1ccccc1)NC(=O)[C@H](CCC(=O)O)NC(=O)[C@@H](N)Cc1ccccc1)C(=O)N[C@@H](Cc1ccccc1)C(=O)N[C@@H](CCCN=C(N)N)C(=O)O. The van der Waals surface area contributed by atoms with Gasteiger partial charge in [0.2, 0.25) is 41.4 Å². The molecule has 0 spiro atoms. The second kappa shape index (κ2) is 36.9. The van der Waals surface area contributed by atoms with E-state index in [2.05, 4.69) is 47.2 Å². The number of carbonyl (C=O) groups excluding carboxylic acids is 7. The number of aliphatic carboxylic acids is 2. The van der Waals surface area contributed by atoms with Crippen molar-refractivity contribution in [3.8, 4) is 0 Å². The minimum Gasteiger partial charge on any atom is -0.481 e. The average Bonchev–Trinajstić information content (AvgIpc) is 3.69. The van der Waals surface area contributed by atoms with Gasteiger partial charge in [0.15, 0.2) is 11.9 Å². The molecule has 458 valence electrons. The highest BCUT2D eigenvalue weighted by molar-refractivity contribution is 5.98. The number of guanidine groups is 2. The van der Waals surface area contributed by atoms with Gasteiger partial charge in [-0.25, -0.2) is 4.79 Å². The van der Waals surface area contributed by atoms with Crippen LogP contribution in [0.2, 0.25) is 0 Å². The van der Waals surface area contributed by atoms with Crippen LogP contribution in [0.4, 0.5) is 0 Å². The number of hydrogen-bond acceptors (Lipinski definition) is 13. The number of carboxylic acid groups (broad SMARTS) is 2. The van der Waals surface area contributed by atoms with Crippen molar-refractivity contribution in [1.82, 2.24) is 37.2 Å². The topological polar surface area (TPSA) is 459 Å². The van der Waals surface area contributed by atoms with Crippen LogP contribution < -0.4 is 71.6 Å². The Morgan fingerprint density at radius 2 is 0.671 bits per heavy atom. The lowest BCUT2D eigenvalue weighted by Gasteiger charge is -2.28. The molecule has 0 radical (unpaired) electrons. The van der Waals surface area contributed by atoms with E-state index in [9.17, 15) is 53.4 Å². The van der Waals surface area contributed by atoms with E-state index in [-0.39, 0.29) is 95.8 Å². The van der Waals surface area contributed by atoms with Crippen molar-refractivity contribution in [2.24, 2.45) is 44.4 Å². The number of carboxylic acids is 2. The van der Waals surface area contributed by atoms with E-state index in [1.807, 2.05) is 0 Å². The van der Waals surface area contributed by atoms with E-state index in [0.717, 1.165) is 5.56 Å². The van der Waals surface area contributed by atoms with Crippen molar-refractivity contribution in [2.75, 3.05) is 19.6 Å². The summed E-state index contributed by atoms with van der Waals surface area (Å²) in [4.78, 5) is 132. The Morgan fingerprint density at radius 3 is 1.01 bits per heavy atom.